The number of benzene rings is 2. The summed E-state index contributed by atoms with van der Waals surface area (Å²) in [6.07, 6.45) is 7.71. The van der Waals surface area contributed by atoms with Crippen LogP contribution in [0.15, 0.2) is 60.8 Å². The van der Waals surface area contributed by atoms with E-state index < -0.39 is 0 Å². The van der Waals surface area contributed by atoms with Gasteiger partial charge in [0.05, 0.1) is 6.04 Å². The first-order valence-corrected chi connectivity index (χ1v) is 7.99. The van der Waals surface area contributed by atoms with Gasteiger partial charge in [-0.25, -0.2) is 0 Å². The normalized spacial score (nSPS) is 17.0. The average Bonchev–Trinajstić information content (AvgIpc) is 2.55. The number of allylic oxidation sites excluding steroid dienone is 2. The molecule has 0 saturated carbocycles. The molecule has 1 aliphatic heterocycles. The first-order chi connectivity index (χ1) is 10.7. The van der Waals surface area contributed by atoms with Crippen molar-refractivity contribution in [1.29, 1.82) is 0 Å². The van der Waals surface area contributed by atoms with Crippen molar-refractivity contribution in [2.75, 3.05) is 0 Å². The van der Waals surface area contributed by atoms with E-state index in [0.717, 1.165) is 6.42 Å². The van der Waals surface area contributed by atoms with Crippen LogP contribution in [0.1, 0.15) is 40.8 Å². The SMILES string of the molecule is CCc1c(C)cc(C)cc1C1C=CC(c2ccccc2)=CN1. The Morgan fingerprint density at radius 3 is 2.45 bits per heavy atom. The minimum atomic E-state index is 0.265. The highest BCUT2D eigenvalue weighted by molar-refractivity contribution is 5.75. The Morgan fingerprint density at radius 1 is 1.05 bits per heavy atom. The van der Waals surface area contributed by atoms with Gasteiger partial charge in [-0.2, -0.15) is 0 Å². The minimum Gasteiger partial charge on any atom is -0.380 e. The van der Waals surface area contributed by atoms with Gasteiger partial charge in [0.25, 0.3) is 0 Å². The molecule has 22 heavy (non-hydrogen) atoms. The van der Waals surface area contributed by atoms with Gasteiger partial charge in [-0.15, -0.1) is 0 Å². The van der Waals surface area contributed by atoms with Crippen LogP contribution in [-0.4, -0.2) is 0 Å². The van der Waals surface area contributed by atoms with E-state index in [4.69, 9.17) is 0 Å². The predicted octanol–water partition coefficient (Wildman–Crippen LogP) is 5.11. The zero-order valence-electron chi connectivity index (χ0n) is 13.6. The molecule has 0 aliphatic carbocycles. The second-order valence-corrected chi connectivity index (χ2v) is 5.97. The second-order valence-electron chi connectivity index (χ2n) is 5.97. The lowest BCUT2D eigenvalue weighted by Gasteiger charge is -2.23. The van der Waals surface area contributed by atoms with E-state index in [-0.39, 0.29) is 6.04 Å². The number of hydrogen-bond donors (Lipinski definition) is 1. The summed E-state index contributed by atoms with van der Waals surface area (Å²) in [5.74, 6) is 0. The summed E-state index contributed by atoms with van der Waals surface area (Å²) >= 11 is 0. The summed E-state index contributed by atoms with van der Waals surface area (Å²) in [6, 6.07) is 15.4. The van der Waals surface area contributed by atoms with E-state index in [1.54, 1.807) is 0 Å². The summed E-state index contributed by atoms with van der Waals surface area (Å²) in [4.78, 5) is 0. The molecule has 0 fully saturated rings. The molecule has 3 rings (SSSR count). The first kappa shape index (κ1) is 14.6. The van der Waals surface area contributed by atoms with Crippen LogP contribution in [0.5, 0.6) is 0 Å². The van der Waals surface area contributed by atoms with Crippen molar-refractivity contribution in [2.24, 2.45) is 0 Å². The third-order valence-corrected chi connectivity index (χ3v) is 4.33. The van der Waals surface area contributed by atoms with Gasteiger partial charge in [-0.3, -0.25) is 0 Å². The van der Waals surface area contributed by atoms with Crippen molar-refractivity contribution >= 4 is 5.57 Å². The lowest BCUT2D eigenvalue weighted by Crippen LogP contribution is -2.18. The molecule has 1 aliphatic rings. The Kier molecular flexibility index (Phi) is 4.15. The molecule has 0 aromatic heterocycles. The molecule has 0 amide bonds. The molecule has 1 nitrogen and oxygen atoms in total. The molecule has 1 heterocycles. The summed E-state index contributed by atoms with van der Waals surface area (Å²) in [5.41, 5.74) is 8.08. The highest BCUT2D eigenvalue weighted by Gasteiger charge is 2.16. The van der Waals surface area contributed by atoms with Gasteiger partial charge >= 0.3 is 0 Å². The third-order valence-electron chi connectivity index (χ3n) is 4.33. The van der Waals surface area contributed by atoms with Crippen molar-refractivity contribution in [2.45, 2.75) is 33.2 Å². The standard InChI is InChI=1S/C21H23N/c1-4-19-16(3)12-15(2)13-20(19)21-11-10-18(14-22-21)17-8-6-5-7-9-17/h5-14,21-22H,4H2,1-3H3. The summed E-state index contributed by atoms with van der Waals surface area (Å²) < 4.78 is 0. The molecule has 2 aromatic carbocycles. The quantitative estimate of drug-likeness (QED) is 0.828. The third kappa shape index (κ3) is 2.85. The van der Waals surface area contributed by atoms with Gasteiger partial charge in [-0.1, -0.05) is 67.1 Å². The minimum absolute atomic E-state index is 0.265. The fraction of sp³-hybridized carbons (Fsp3) is 0.238. The van der Waals surface area contributed by atoms with E-state index in [2.05, 4.69) is 86.9 Å². The Morgan fingerprint density at radius 2 is 1.82 bits per heavy atom. The Balaban J connectivity index is 1.89. The highest BCUT2D eigenvalue weighted by Crippen LogP contribution is 2.28. The lowest BCUT2D eigenvalue weighted by atomic mass is 9.90. The van der Waals surface area contributed by atoms with Gasteiger partial charge in [0, 0.05) is 6.20 Å². The molecular formula is C21H23N. The van der Waals surface area contributed by atoms with E-state index >= 15 is 0 Å². The number of rotatable bonds is 3. The maximum absolute atomic E-state index is 3.56. The fourth-order valence-electron chi connectivity index (χ4n) is 3.28. The molecule has 1 unspecified atom stereocenters. The van der Waals surface area contributed by atoms with Crippen molar-refractivity contribution in [3.8, 4) is 0 Å². The van der Waals surface area contributed by atoms with E-state index in [9.17, 15) is 0 Å². The van der Waals surface area contributed by atoms with Crippen LogP contribution in [0, 0.1) is 13.8 Å². The van der Waals surface area contributed by atoms with Gasteiger partial charge in [0.15, 0.2) is 0 Å². The van der Waals surface area contributed by atoms with Crippen LogP contribution < -0.4 is 5.32 Å². The number of dihydropyridines is 1. The molecule has 1 heteroatoms. The predicted molar refractivity (Wildman–Crippen MR) is 94.7 cm³/mol. The number of nitrogens with one attached hydrogen (secondary N) is 1. The molecular weight excluding hydrogens is 266 g/mol. The van der Waals surface area contributed by atoms with Crippen LogP contribution in [0.2, 0.25) is 0 Å². The van der Waals surface area contributed by atoms with Crippen LogP contribution in [0.25, 0.3) is 5.57 Å². The number of hydrogen-bond acceptors (Lipinski definition) is 1. The van der Waals surface area contributed by atoms with Crippen molar-refractivity contribution in [3.05, 3.63) is 88.6 Å². The molecule has 0 saturated heterocycles. The molecule has 2 aromatic rings. The largest absolute Gasteiger partial charge is 0.380 e. The van der Waals surface area contributed by atoms with Crippen molar-refractivity contribution < 1.29 is 0 Å². The smallest absolute Gasteiger partial charge is 0.0699 e. The van der Waals surface area contributed by atoms with Crippen molar-refractivity contribution in [1.82, 2.24) is 5.32 Å². The second kappa shape index (κ2) is 6.23. The fourth-order valence-corrected chi connectivity index (χ4v) is 3.28. The zero-order valence-corrected chi connectivity index (χ0v) is 13.6. The maximum Gasteiger partial charge on any atom is 0.0699 e. The van der Waals surface area contributed by atoms with Crippen LogP contribution in [0.3, 0.4) is 0 Å². The highest BCUT2D eigenvalue weighted by atomic mass is 14.9. The van der Waals surface area contributed by atoms with Crippen molar-refractivity contribution in [3.63, 3.8) is 0 Å². The van der Waals surface area contributed by atoms with E-state index in [1.165, 1.54) is 33.4 Å². The maximum atomic E-state index is 3.56. The lowest BCUT2D eigenvalue weighted by molar-refractivity contribution is 0.736. The van der Waals surface area contributed by atoms with Crippen LogP contribution in [-0.2, 0) is 6.42 Å². The number of aryl methyl sites for hydroxylation is 2. The molecule has 0 radical (unpaired) electrons. The van der Waals surface area contributed by atoms with E-state index in [0.29, 0.717) is 0 Å². The molecule has 1 N–H and O–H groups in total. The van der Waals surface area contributed by atoms with Gasteiger partial charge in [0.1, 0.15) is 0 Å². The van der Waals surface area contributed by atoms with Crippen LogP contribution in [0.4, 0.5) is 0 Å². The summed E-state index contributed by atoms with van der Waals surface area (Å²) in [6.45, 7) is 6.62. The van der Waals surface area contributed by atoms with Gasteiger partial charge in [-0.05, 0) is 48.1 Å². The molecule has 1 atom stereocenters. The average molecular weight is 289 g/mol. The van der Waals surface area contributed by atoms with Gasteiger partial charge < -0.3 is 5.32 Å². The first-order valence-electron chi connectivity index (χ1n) is 7.99. The van der Waals surface area contributed by atoms with Gasteiger partial charge in [0.2, 0.25) is 0 Å². The molecule has 112 valence electrons. The Hall–Kier alpha value is -2.28. The summed E-state index contributed by atoms with van der Waals surface area (Å²) in [7, 11) is 0. The monoisotopic (exact) mass is 289 g/mol. The zero-order chi connectivity index (χ0) is 15.5. The topological polar surface area (TPSA) is 12.0 Å². The Bertz CT molecular complexity index is 723. The Labute approximate surface area is 133 Å². The van der Waals surface area contributed by atoms with Crippen LogP contribution >= 0.6 is 0 Å². The molecule has 0 spiro atoms. The van der Waals surface area contributed by atoms with E-state index in [1.807, 2.05) is 0 Å². The molecule has 0 bridgehead atoms. The summed E-state index contributed by atoms with van der Waals surface area (Å²) in [5, 5.41) is 3.56.